The molecule has 0 amide bonds. The summed E-state index contributed by atoms with van der Waals surface area (Å²) in [4.78, 5) is 2.63. The van der Waals surface area contributed by atoms with Crippen LogP contribution in [-0.2, 0) is 6.42 Å². The predicted octanol–water partition coefficient (Wildman–Crippen LogP) is 3.32. The number of anilines is 1. The molecule has 1 fully saturated rings. The molecule has 1 unspecified atom stereocenters. The number of rotatable bonds is 1. The molecule has 2 aliphatic rings. The van der Waals surface area contributed by atoms with Crippen LogP contribution in [0, 0.1) is 0 Å². The van der Waals surface area contributed by atoms with E-state index in [2.05, 4.69) is 61.1 Å². The average Bonchev–Trinajstić information content (AvgIpc) is 2.67. The number of hydrogen-bond donors (Lipinski definition) is 1. The van der Waals surface area contributed by atoms with E-state index in [1.165, 1.54) is 24.1 Å². The molecule has 92 valence electrons. The fourth-order valence-electron chi connectivity index (χ4n) is 3.05. The van der Waals surface area contributed by atoms with Gasteiger partial charge >= 0.3 is 0 Å². The normalized spacial score (nSPS) is 26.9. The number of halogens is 2. The van der Waals surface area contributed by atoms with E-state index in [0.29, 0.717) is 12.1 Å². The van der Waals surface area contributed by atoms with Crippen molar-refractivity contribution in [3.63, 3.8) is 0 Å². The van der Waals surface area contributed by atoms with Gasteiger partial charge in [0.15, 0.2) is 0 Å². The van der Waals surface area contributed by atoms with Crippen LogP contribution in [0.25, 0.3) is 0 Å². The van der Waals surface area contributed by atoms with E-state index < -0.39 is 0 Å². The summed E-state index contributed by atoms with van der Waals surface area (Å²) in [5.41, 5.74) is 2.91. The minimum atomic E-state index is 0.642. The molecular weight excluding hydrogens is 344 g/mol. The summed E-state index contributed by atoms with van der Waals surface area (Å²) in [5.74, 6) is 0. The lowest BCUT2D eigenvalue weighted by molar-refractivity contribution is 0.405. The predicted molar refractivity (Wildman–Crippen MR) is 78.8 cm³/mol. The minimum Gasteiger partial charge on any atom is -0.362 e. The zero-order chi connectivity index (χ0) is 12.0. The van der Waals surface area contributed by atoms with Crippen molar-refractivity contribution in [2.24, 2.45) is 0 Å². The molecule has 2 nitrogen and oxygen atoms in total. The lowest BCUT2D eigenvalue weighted by Gasteiger charge is -2.40. The number of benzene rings is 1. The molecule has 0 bridgehead atoms. The van der Waals surface area contributed by atoms with Gasteiger partial charge in [-0.05, 0) is 62.4 Å². The van der Waals surface area contributed by atoms with E-state index >= 15 is 0 Å². The van der Waals surface area contributed by atoms with Crippen molar-refractivity contribution in [3.05, 3.63) is 26.6 Å². The lowest BCUT2D eigenvalue weighted by Crippen LogP contribution is -2.55. The van der Waals surface area contributed by atoms with Crippen molar-refractivity contribution in [2.45, 2.75) is 31.8 Å². The quantitative estimate of drug-likeness (QED) is 0.827. The molecule has 1 aromatic rings. The summed E-state index contributed by atoms with van der Waals surface area (Å²) < 4.78 is 2.32. The molecule has 0 radical (unpaired) electrons. The van der Waals surface area contributed by atoms with Gasteiger partial charge in [0.2, 0.25) is 0 Å². The van der Waals surface area contributed by atoms with Crippen LogP contribution in [0.1, 0.15) is 18.9 Å². The van der Waals surface area contributed by atoms with Gasteiger partial charge in [0, 0.05) is 39.8 Å². The fraction of sp³-hybridized carbons (Fsp3) is 0.538. The highest BCUT2D eigenvalue weighted by molar-refractivity contribution is 9.13. The standard InChI is InChI=1S/C13H16Br2N2/c1-2-9-6-16-7-10-3-8-4-11(14)12(15)5-13(8)17(9)10/h4-5,9-10,16H,2-3,6-7H2,1H3/t9?,10-/m1/s1. The topological polar surface area (TPSA) is 15.3 Å². The molecule has 1 N–H and O–H groups in total. The summed E-state index contributed by atoms with van der Waals surface area (Å²) in [6.45, 7) is 4.50. The molecule has 2 atom stereocenters. The Kier molecular flexibility index (Phi) is 3.22. The van der Waals surface area contributed by atoms with Crippen molar-refractivity contribution >= 4 is 37.5 Å². The molecule has 2 aliphatic heterocycles. The summed E-state index contributed by atoms with van der Waals surface area (Å²) in [5, 5.41) is 3.56. The number of fused-ring (bicyclic) bond motifs is 3. The summed E-state index contributed by atoms with van der Waals surface area (Å²) in [6, 6.07) is 5.82. The van der Waals surface area contributed by atoms with Crippen LogP contribution in [0.5, 0.6) is 0 Å². The van der Waals surface area contributed by atoms with Crippen LogP contribution in [-0.4, -0.2) is 25.2 Å². The Morgan fingerprint density at radius 2 is 2.06 bits per heavy atom. The minimum absolute atomic E-state index is 0.642. The number of hydrogen-bond acceptors (Lipinski definition) is 2. The van der Waals surface area contributed by atoms with E-state index in [9.17, 15) is 0 Å². The first-order valence-electron chi connectivity index (χ1n) is 6.17. The largest absolute Gasteiger partial charge is 0.362 e. The lowest BCUT2D eigenvalue weighted by atomic mass is 10.1. The molecule has 4 heteroatoms. The maximum absolute atomic E-state index is 3.62. The molecule has 1 aromatic carbocycles. The van der Waals surface area contributed by atoms with Gasteiger partial charge in [-0.15, -0.1) is 0 Å². The van der Waals surface area contributed by atoms with Gasteiger partial charge in [0.05, 0.1) is 0 Å². The number of piperazine rings is 1. The summed E-state index contributed by atoms with van der Waals surface area (Å²) >= 11 is 7.22. The fourth-order valence-corrected chi connectivity index (χ4v) is 3.77. The molecule has 2 heterocycles. The molecule has 0 spiro atoms. The van der Waals surface area contributed by atoms with Gasteiger partial charge in [0.1, 0.15) is 0 Å². The van der Waals surface area contributed by atoms with E-state index in [4.69, 9.17) is 0 Å². The van der Waals surface area contributed by atoms with Crippen molar-refractivity contribution in [3.8, 4) is 0 Å². The van der Waals surface area contributed by atoms with E-state index in [-0.39, 0.29) is 0 Å². The van der Waals surface area contributed by atoms with Crippen LogP contribution in [0.2, 0.25) is 0 Å². The van der Waals surface area contributed by atoms with Crippen molar-refractivity contribution in [1.82, 2.24) is 5.32 Å². The van der Waals surface area contributed by atoms with Crippen LogP contribution >= 0.6 is 31.9 Å². The van der Waals surface area contributed by atoms with Crippen LogP contribution in [0.15, 0.2) is 21.1 Å². The SMILES string of the molecule is CCC1CNC[C@H]2Cc3cc(Br)c(Br)cc3N12. The molecule has 1 saturated heterocycles. The summed E-state index contributed by atoms with van der Waals surface area (Å²) in [6.07, 6.45) is 2.38. The van der Waals surface area contributed by atoms with Crippen molar-refractivity contribution < 1.29 is 0 Å². The third-order valence-corrected chi connectivity index (χ3v) is 5.72. The molecule has 0 aromatic heterocycles. The molecule has 0 aliphatic carbocycles. The highest BCUT2D eigenvalue weighted by atomic mass is 79.9. The summed E-state index contributed by atoms with van der Waals surface area (Å²) in [7, 11) is 0. The van der Waals surface area contributed by atoms with Crippen LogP contribution in [0.3, 0.4) is 0 Å². The van der Waals surface area contributed by atoms with E-state index in [0.717, 1.165) is 22.0 Å². The highest BCUT2D eigenvalue weighted by Crippen LogP contribution is 2.40. The van der Waals surface area contributed by atoms with Gasteiger partial charge in [-0.1, -0.05) is 6.92 Å². The average molecular weight is 360 g/mol. The van der Waals surface area contributed by atoms with Crippen LogP contribution in [0.4, 0.5) is 5.69 Å². The molecule has 0 saturated carbocycles. The Bertz CT molecular complexity index is 447. The zero-order valence-electron chi connectivity index (χ0n) is 9.84. The van der Waals surface area contributed by atoms with Crippen molar-refractivity contribution in [1.29, 1.82) is 0 Å². The maximum atomic E-state index is 3.62. The van der Waals surface area contributed by atoms with Gasteiger partial charge in [-0.2, -0.15) is 0 Å². The second kappa shape index (κ2) is 4.56. The maximum Gasteiger partial charge on any atom is 0.0459 e. The molecule has 17 heavy (non-hydrogen) atoms. The zero-order valence-corrected chi connectivity index (χ0v) is 13.0. The third-order valence-electron chi connectivity index (χ3n) is 3.87. The third kappa shape index (κ3) is 1.94. The van der Waals surface area contributed by atoms with Crippen molar-refractivity contribution in [2.75, 3.05) is 18.0 Å². The van der Waals surface area contributed by atoms with E-state index in [1.54, 1.807) is 0 Å². The first-order chi connectivity index (χ1) is 8.20. The Labute approximate surface area is 119 Å². The Morgan fingerprint density at radius 1 is 1.29 bits per heavy atom. The Morgan fingerprint density at radius 3 is 2.82 bits per heavy atom. The first kappa shape index (κ1) is 12.0. The van der Waals surface area contributed by atoms with E-state index in [1.807, 2.05) is 0 Å². The second-order valence-electron chi connectivity index (χ2n) is 4.88. The first-order valence-corrected chi connectivity index (χ1v) is 7.76. The monoisotopic (exact) mass is 358 g/mol. The Balaban J connectivity index is 2.04. The number of nitrogens with one attached hydrogen (secondary N) is 1. The van der Waals surface area contributed by atoms with Gasteiger partial charge < -0.3 is 10.2 Å². The van der Waals surface area contributed by atoms with Gasteiger partial charge in [-0.3, -0.25) is 0 Å². The Hall–Kier alpha value is -0.0600. The van der Waals surface area contributed by atoms with Crippen LogP contribution < -0.4 is 10.2 Å². The smallest absolute Gasteiger partial charge is 0.0459 e. The highest BCUT2D eigenvalue weighted by Gasteiger charge is 2.36. The molecule has 3 rings (SSSR count). The number of nitrogens with zero attached hydrogens (tertiary/aromatic N) is 1. The van der Waals surface area contributed by atoms with Gasteiger partial charge in [0.25, 0.3) is 0 Å². The van der Waals surface area contributed by atoms with Gasteiger partial charge in [-0.25, -0.2) is 0 Å². The molecular formula is C13H16Br2N2. The second-order valence-corrected chi connectivity index (χ2v) is 6.59.